The molecule has 0 aromatic heterocycles. The van der Waals surface area contributed by atoms with Gasteiger partial charge in [0.05, 0.1) is 24.7 Å². The van der Waals surface area contributed by atoms with Crippen LogP contribution in [-0.2, 0) is 30.3 Å². The van der Waals surface area contributed by atoms with E-state index < -0.39 is 21.8 Å². The first-order valence-corrected chi connectivity index (χ1v) is 11.5. The third-order valence-electron chi connectivity index (χ3n) is 4.15. The molecule has 0 aliphatic carbocycles. The summed E-state index contributed by atoms with van der Waals surface area (Å²) in [5.41, 5.74) is 1.33. The molecule has 0 spiro atoms. The van der Waals surface area contributed by atoms with E-state index >= 15 is 0 Å². The SMILES string of the molecule is Cc1ccc(S(=O)(=O)OCCOCCN(Cc2ccccc2)C(=O)OC(C)(C)C)cc1. The zero-order chi connectivity index (χ0) is 22.9. The Morgan fingerprint density at radius 2 is 1.58 bits per heavy atom. The number of amides is 1. The fraction of sp³-hybridized carbons (Fsp3) is 0.435. The summed E-state index contributed by atoms with van der Waals surface area (Å²) in [5, 5.41) is 0. The van der Waals surface area contributed by atoms with Crippen LogP contribution >= 0.6 is 0 Å². The van der Waals surface area contributed by atoms with E-state index in [9.17, 15) is 13.2 Å². The number of nitrogens with zero attached hydrogens (tertiary/aromatic N) is 1. The lowest BCUT2D eigenvalue weighted by molar-refractivity contribution is 0.0143. The molecule has 0 radical (unpaired) electrons. The topological polar surface area (TPSA) is 82.1 Å². The van der Waals surface area contributed by atoms with Crippen molar-refractivity contribution in [3.63, 3.8) is 0 Å². The number of benzene rings is 2. The molecule has 7 nitrogen and oxygen atoms in total. The lowest BCUT2D eigenvalue weighted by Crippen LogP contribution is -2.38. The standard InChI is InChI=1S/C23H31NO6S/c1-19-10-12-21(13-11-19)31(26,27)29-17-16-28-15-14-24(22(25)30-23(2,3)4)18-20-8-6-5-7-9-20/h5-13H,14-18H2,1-4H3. The van der Waals surface area contributed by atoms with E-state index in [1.165, 1.54) is 12.1 Å². The summed E-state index contributed by atoms with van der Waals surface area (Å²) in [7, 11) is -3.82. The van der Waals surface area contributed by atoms with Crippen LogP contribution in [0.2, 0.25) is 0 Å². The Hall–Kier alpha value is -2.42. The number of aryl methyl sites for hydroxylation is 1. The molecule has 8 heteroatoms. The summed E-state index contributed by atoms with van der Waals surface area (Å²) in [6, 6.07) is 16.0. The van der Waals surface area contributed by atoms with Crippen LogP contribution < -0.4 is 0 Å². The molecule has 0 heterocycles. The van der Waals surface area contributed by atoms with Crippen molar-refractivity contribution in [2.75, 3.05) is 26.4 Å². The van der Waals surface area contributed by atoms with Gasteiger partial charge in [-0.05, 0) is 45.4 Å². The van der Waals surface area contributed by atoms with Crippen LogP contribution in [-0.4, -0.2) is 51.4 Å². The van der Waals surface area contributed by atoms with Gasteiger partial charge in [-0.25, -0.2) is 4.79 Å². The summed E-state index contributed by atoms with van der Waals surface area (Å²) in [5.74, 6) is 0. The van der Waals surface area contributed by atoms with Crippen molar-refractivity contribution in [1.82, 2.24) is 4.90 Å². The molecule has 1 amide bonds. The van der Waals surface area contributed by atoms with Gasteiger partial charge in [-0.3, -0.25) is 4.18 Å². The lowest BCUT2D eigenvalue weighted by Gasteiger charge is -2.27. The van der Waals surface area contributed by atoms with Crippen molar-refractivity contribution < 1.29 is 26.9 Å². The number of carbonyl (C=O) groups excluding carboxylic acids is 1. The molecule has 170 valence electrons. The van der Waals surface area contributed by atoms with Crippen LogP contribution in [0, 0.1) is 6.92 Å². The predicted molar refractivity (Wildman–Crippen MR) is 118 cm³/mol. The van der Waals surface area contributed by atoms with Crippen molar-refractivity contribution in [3.05, 3.63) is 65.7 Å². The molecule has 0 bridgehead atoms. The van der Waals surface area contributed by atoms with Gasteiger partial charge >= 0.3 is 6.09 Å². The third kappa shape index (κ3) is 9.08. The average molecular weight is 450 g/mol. The first-order chi connectivity index (χ1) is 14.6. The predicted octanol–water partition coefficient (Wildman–Crippen LogP) is 4.15. The van der Waals surface area contributed by atoms with Crippen molar-refractivity contribution in [2.24, 2.45) is 0 Å². The minimum absolute atomic E-state index is 0.0819. The van der Waals surface area contributed by atoms with E-state index in [1.54, 1.807) is 17.0 Å². The van der Waals surface area contributed by atoms with Gasteiger partial charge in [0.1, 0.15) is 5.60 Å². The number of hydrogen-bond acceptors (Lipinski definition) is 6. The van der Waals surface area contributed by atoms with Crippen molar-refractivity contribution in [3.8, 4) is 0 Å². The molecule has 0 saturated heterocycles. The van der Waals surface area contributed by atoms with Gasteiger partial charge in [0, 0.05) is 13.1 Å². The maximum atomic E-state index is 12.5. The molecule has 0 aliphatic heterocycles. The molecule has 31 heavy (non-hydrogen) atoms. The maximum Gasteiger partial charge on any atom is 0.410 e. The molecule has 0 fully saturated rings. The van der Waals surface area contributed by atoms with Crippen LogP contribution in [0.25, 0.3) is 0 Å². The smallest absolute Gasteiger partial charge is 0.410 e. The van der Waals surface area contributed by atoms with E-state index in [2.05, 4.69) is 0 Å². The lowest BCUT2D eigenvalue weighted by atomic mass is 10.2. The minimum atomic E-state index is -3.82. The second-order valence-electron chi connectivity index (χ2n) is 8.09. The fourth-order valence-electron chi connectivity index (χ4n) is 2.62. The first-order valence-electron chi connectivity index (χ1n) is 10.1. The van der Waals surface area contributed by atoms with Crippen molar-refractivity contribution in [1.29, 1.82) is 0 Å². The van der Waals surface area contributed by atoms with Gasteiger partial charge in [-0.2, -0.15) is 8.42 Å². The van der Waals surface area contributed by atoms with E-state index in [0.29, 0.717) is 13.1 Å². The molecule has 0 aliphatic rings. The highest BCUT2D eigenvalue weighted by atomic mass is 32.2. The highest BCUT2D eigenvalue weighted by molar-refractivity contribution is 7.86. The second-order valence-corrected chi connectivity index (χ2v) is 9.70. The Balaban J connectivity index is 1.81. The van der Waals surface area contributed by atoms with E-state index in [0.717, 1.165) is 11.1 Å². The van der Waals surface area contributed by atoms with Gasteiger partial charge in [-0.15, -0.1) is 0 Å². The fourth-order valence-corrected chi connectivity index (χ4v) is 3.51. The maximum absolute atomic E-state index is 12.5. The third-order valence-corrected chi connectivity index (χ3v) is 5.48. The number of rotatable bonds is 10. The van der Waals surface area contributed by atoms with E-state index in [-0.39, 0.29) is 24.7 Å². The Bertz CT molecular complexity index is 921. The van der Waals surface area contributed by atoms with Gasteiger partial charge < -0.3 is 14.4 Å². The zero-order valence-electron chi connectivity index (χ0n) is 18.5. The van der Waals surface area contributed by atoms with Crippen LogP contribution in [0.4, 0.5) is 4.79 Å². The summed E-state index contributed by atoms with van der Waals surface area (Å²) < 4.78 is 40.3. The molecular weight excluding hydrogens is 418 g/mol. The number of carbonyl (C=O) groups is 1. The Kier molecular flexibility index (Phi) is 9.03. The first kappa shape index (κ1) is 24.8. The van der Waals surface area contributed by atoms with Crippen LogP contribution in [0.5, 0.6) is 0 Å². The summed E-state index contributed by atoms with van der Waals surface area (Å²) >= 11 is 0. The molecule has 0 unspecified atom stereocenters. The van der Waals surface area contributed by atoms with E-state index in [1.807, 2.05) is 58.0 Å². The van der Waals surface area contributed by atoms with Crippen molar-refractivity contribution >= 4 is 16.2 Å². The average Bonchev–Trinajstić information content (AvgIpc) is 2.69. The normalized spacial score (nSPS) is 11.9. The largest absolute Gasteiger partial charge is 0.444 e. The Morgan fingerprint density at radius 3 is 2.19 bits per heavy atom. The molecule has 2 rings (SSSR count). The van der Waals surface area contributed by atoms with Gasteiger partial charge in [0.15, 0.2) is 0 Å². The second kappa shape index (κ2) is 11.3. The number of hydrogen-bond donors (Lipinski definition) is 0. The number of ether oxygens (including phenoxy) is 2. The van der Waals surface area contributed by atoms with Gasteiger partial charge in [0.25, 0.3) is 10.1 Å². The Morgan fingerprint density at radius 1 is 0.935 bits per heavy atom. The monoisotopic (exact) mass is 449 g/mol. The molecular formula is C23H31NO6S. The highest BCUT2D eigenvalue weighted by Crippen LogP contribution is 2.14. The molecule has 0 saturated carbocycles. The summed E-state index contributed by atoms with van der Waals surface area (Å²) in [4.78, 5) is 14.2. The molecule has 2 aromatic carbocycles. The van der Waals surface area contributed by atoms with Crippen LogP contribution in [0.1, 0.15) is 31.9 Å². The summed E-state index contributed by atoms with van der Waals surface area (Å²) in [6.45, 7) is 8.20. The zero-order valence-corrected chi connectivity index (χ0v) is 19.4. The van der Waals surface area contributed by atoms with Crippen LogP contribution in [0.15, 0.2) is 59.5 Å². The van der Waals surface area contributed by atoms with Gasteiger partial charge in [0.2, 0.25) is 0 Å². The highest BCUT2D eigenvalue weighted by Gasteiger charge is 2.22. The minimum Gasteiger partial charge on any atom is -0.444 e. The van der Waals surface area contributed by atoms with Gasteiger partial charge in [-0.1, -0.05) is 48.0 Å². The Labute approximate surface area is 185 Å². The van der Waals surface area contributed by atoms with E-state index in [4.69, 9.17) is 13.7 Å². The molecule has 2 aromatic rings. The summed E-state index contributed by atoms with van der Waals surface area (Å²) in [6.07, 6.45) is -0.432. The quantitative estimate of drug-likeness (QED) is 0.400. The van der Waals surface area contributed by atoms with Crippen LogP contribution in [0.3, 0.4) is 0 Å². The molecule has 0 N–H and O–H groups in total. The van der Waals surface area contributed by atoms with Crippen molar-refractivity contribution in [2.45, 2.75) is 44.7 Å². The molecule has 0 atom stereocenters.